The minimum atomic E-state index is -0.491. The van der Waals surface area contributed by atoms with Crippen LogP contribution in [-0.2, 0) is 4.74 Å². The standard InChI is InChI=1S/C19H15ClN4O2/c1-10-8-11(2)21-17-16(10)18-22-14(12-4-6-13(20)7-5-12)9-15(19(25)26-3)24(18)23-17/h4-9H,1-3H3. The van der Waals surface area contributed by atoms with Crippen LogP contribution in [0.5, 0.6) is 0 Å². The van der Waals surface area contributed by atoms with Crippen molar-refractivity contribution in [3.63, 3.8) is 0 Å². The molecule has 0 aliphatic heterocycles. The molecule has 0 N–H and O–H groups in total. The number of rotatable bonds is 2. The van der Waals surface area contributed by atoms with Crippen LogP contribution >= 0.6 is 11.6 Å². The zero-order chi connectivity index (χ0) is 18.4. The third kappa shape index (κ3) is 2.59. The van der Waals surface area contributed by atoms with E-state index in [9.17, 15) is 4.79 Å². The maximum absolute atomic E-state index is 12.3. The number of benzene rings is 1. The lowest BCUT2D eigenvalue weighted by atomic mass is 10.1. The van der Waals surface area contributed by atoms with E-state index in [-0.39, 0.29) is 5.69 Å². The second-order valence-electron chi connectivity index (χ2n) is 6.04. The number of esters is 1. The molecule has 0 spiro atoms. The number of pyridine rings is 1. The number of carbonyl (C=O) groups is 1. The fourth-order valence-corrected chi connectivity index (χ4v) is 3.17. The molecule has 0 aliphatic carbocycles. The minimum Gasteiger partial charge on any atom is -0.464 e. The molecule has 6 nitrogen and oxygen atoms in total. The van der Waals surface area contributed by atoms with Crippen molar-refractivity contribution in [2.75, 3.05) is 7.11 Å². The van der Waals surface area contributed by atoms with Gasteiger partial charge in [-0.15, -0.1) is 5.10 Å². The van der Waals surface area contributed by atoms with Crippen LogP contribution in [0.15, 0.2) is 36.4 Å². The van der Waals surface area contributed by atoms with Crippen molar-refractivity contribution in [1.29, 1.82) is 0 Å². The summed E-state index contributed by atoms with van der Waals surface area (Å²) in [6, 6.07) is 10.9. The smallest absolute Gasteiger partial charge is 0.356 e. The Bertz CT molecular complexity index is 1170. The van der Waals surface area contributed by atoms with Crippen molar-refractivity contribution in [2.45, 2.75) is 13.8 Å². The van der Waals surface area contributed by atoms with Gasteiger partial charge in [0.2, 0.25) is 0 Å². The van der Waals surface area contributed by atoms with Crippen LogP contribution in [0.25, 0.3) is 27.9 Å². The molecule has 4 aromatic rings. The van der Waals surface area contributed by atoms with Gasteiger partial charge >= 0.3 is 5.97 Å². The summed E-state index contributed by atoms with van der Waals surface area (Å²) in [6.07, 6.45) is 0. The van der Waals surface area contributed by atoms with Crippen LogP contribution in [-0.4, -0.2) is 32.7 Å². The number of nitrogens with zero attached hydrogens (tertiary/aromatic N) is 4. The Morgan fingerprint density at radius 1 is 1.12 bits per heavy atom. The van der Waals surface area contributed by atoms with E-state index in [2.05, 4.69) is 10.1 Å². The van der Waals surface area contributed by atoms with Gasteiger partial charge in [-0.25, -0.2) is 19.3 Å². The molecule has 0 unspecified atom stereocenters. The summed E-state index contributed by atoms with van der Waals surface area (Å²) in [7, 11) is 1.34. The predicted octanol–water partition coefficient (Wildman–Crippen LogP) is 4.00. The SMILES string of the molecule is COC(=O)c1cc(-c2ccc(Cl)cc2)nc2c3c(C)cc(C)nc3nn12. The quantitative estimate of drug-likeness (QED) is 0.501. The zero-order valence-corrected chi connectivity index (χ0v) is 15.2. The molecule has 0 aliphatic rings. The lowest BCUT2D eigenvalue weighted by Gasteiger charge is -2.07. The fraction of sp³-hybridized carbons (Fsp3) is 0.158. The highest BCUT2D eigenvalue weighted by Crippen LogP contribution is 2.27. The monoisotopic (exact) mass is 366 g/mol. The van der Waals surface area contributed by atoms with E-state index in [0.717, 1.165) is 22.2 Å². The molecule has 0 atom stereocenters. The first-order valence-electron chi connectivity index (χ1n) is 8.00. The van der Waals surface area contributed by atoms with Crippen molar-refractivity contribution < 1.29 is 9.53 Å². The zero-order valence-electron chi connectivity index (χ0n) is 14.4. The van der Waals surface area contributed by atoms with E-state index >= 15 is 0 Å². The Hall–Kier alpha value is -2.99. The van der Waals surface area contributed by atoms with Gasteiger partial charge in [-0.2, -0.15) is 0 Å². The summed E-state index contributed by atoms with van der Waals surface area (Å²) >= 11 is 5.98. The summed E-state index contributed by atoms with van der Waals surface area (Å²) < 4.78 is 6.43. The molecule has 0 fully saturated rings. The predicted molar refractivity (Wildman–Crippen MR) is 99.5 cm³/mol. The largest absolute Gasteiger partial charge is 0.464 e. The van der Waals surface area contributed by atoms with Crippen molar-refractivity contribution >= 4 is 34.3 Å². The average molecular weight is 367 g/mol. The maximum Gasteiger partial charge on any atom is 0.356 e. The lowest BCUT2D eigenvalue weighted by Crippen LogP contribution is -2.10. The van der Waals surface area contributed by atoms with Gasteiger partial charge in [0.25, 0.3) is 0 Å². The molecule has 0 saturated heterocycles. The molecule has 7 heteroatoms. The molecular formula is C19H15ClN4O2. The summed E-state index contributed by atoms with van der Waals surface area (Å²) in [6.45, 7) is 3.89. The first kappa shape index (κ1) is 16.5. The fourth-order valence-electron chi connectivity index (χ4n) is 3.04. The van der Waals surface area contributed by atoms with Crippen molar-refractivity contribution in [3.8, 4) is 11.3 Å². The number of halogens is 1. The Morgan fingerprint density at radius 2 is 1.85 bits per heavy atom. The van der Waals surface area contributed by atoms with Gasteiger partial charge in [0, 0.05) is 16.3 Å². The third-order valence-electron chi connectivity index (χ3n) is 4.21. The van der Waals surface area contributed by atoms with E-state index in [1.54, 1.807) is 18.2 Å². The number of hydrogen-bond donors (Lipinski definition) is 0. The van der Waals surface area contributed by atoms with Crippen LogP contribution in [0.4, 0.5) is 0 Å². The number of hydrogen-bond acceptors (Lipinski definition) is 5. The van der Waals surface area contributed by atoms with Gasteiger partial charge in [0.05, 0.1) is 18.2 Å². The molecule has 3 aromatic heterocycles. The summed E-state index contributed by atoms with van der Waals surface area (Å²) in [5.74, 6) is -0.491. The second kappa shape index (κ2) is 6.07. The third-order valence-corrected chi connectivity index (χ3v) is 4.46. The Kier molecular flexibility index (Phi) is 3.85. The normalized spacial score (nSPS) is 11.2. The van der Waals surface area contributed by atoms with Gasteiger partial charge in [0.1, 0.15) is 0 Å². The molecule has 1 aromatic carbocycles. The maximum atomic E-state index is 12.3. The van der Waals surface area contributed by atoms with E-state index in [1.807, 2.05) is 32.0 Å². The summed E-state index contributed by atoms with van der Waals surface area (Å²) in [4.78, 5) is 21.6. The second-order valence-corrected chi connectivity index (χ2v) is 6.48. The van der Waals surface area contributed by atoms with Crippen LogP contribution in [0, 0.1) is 13.8 Å². The average Bonchev–Trinajstić information content (AvgIpc) is 2.99. The Labute approximate surface area is 154 Å². The molecule has 0 amide bonds. The highest BCUT2D eigenvalue weighted by atomic mass is 35.5. The molecule has 0 bridgehead atoms. The number of ether oxygens (including phenoxy) is 1. The number of methoxy groups -OCH3 is 1. The van der Waals surface area contributed by atoms with Gasteiger partial charge in [-0.3, -0.25) is 0 Å². The molecule has 0 saturated carbocycles. The highest BCUT2D eigenvalue weighted by molar-refractivity contribution is 6.30. The van der Waals surface area contributed by atoms with Crippen molar-refractivity contribution in [3.05, 3.63) is 58.4 Å². The molecule has 0 radical (unpaired) electrons. The number of aromatic nitrogens is 4. The first-order chi connectivity index (χ1) is 12.5. The van der Waals surface area contributed by atoms with E-state index in [1.165, 1.54) is 11.6 Å². The van der Waals surface area contributed by atoms with Gasteiger partial charge in [-0.1, -0.05) is 23.7 Å². The molecule has 4 rings (SSSR count). The number of aryl methyl sites for hydroxylation is 2. The van der Waals surface area contributed by atoms with Gasteiger partial charge < -0.3 is 4.74 Å². The first-order valence-corrected chi connectivity index (χ1v) is 8.37. The molecule has 130 valence electrons. The summed E-state index contributed by atoms with van der Waals surface area (Å²) in [5.41, 5.74) is 4.74. The lowest BCUT2D eigenvalue weighted by molar-refractivity contribution is 0.0591. The van der Waals surface area contributed by atoms with Crippen LogP contribution in [0.2, 0.25) is 5.02 Å². The van der Waals surface area contributed by atoms with Crippen molar-refractivity contribution in [1.82, 2.24) is 19.6 Å². The topological polar surface area (TPSA) is 69.4 Å². The molecule has 26 heavy (non-hydrogen) atoms. The van der Waals surface area contributed by atoms with E-state index in [0.29, 0.717) is 22.0 Å². The van der Waals surface area contributed by atoms with E-state index < -0.39 is 5.97 Å². The van der Waals surface area contributed by atoms with Crippen molar-refractivity contribution in [2.24, 2.45) is 0 Å². The molecule has 3 heterocycles. The van der Waals surface area contributed by atoms with E-state index in [4.69, 9.17) is 21.3 Å². The number of carbonyl (C=O) groups excluding carboxylic acids is 1. The minimum absolute atomic E-state index is 0.289. The Morgan fingerprint density at radius 3 is 2.54 bits per heavy atom. The van der Waals surface area contributed by atoms with Crippen LogP contribution < -0.4 is 0 Å². The highest BCUT2D eigenvalue weighted by Gasteiger charge is 2.20. The van der Waals surface area contributed by atoms with Gasteiger partial charge in [0.15, 0.2) is 17.0 Å². The molecular weight excluding hydrogens is 352 g/mol. The summed E-state index contributed by atoms with van der Waals surface area (Å²) in [5, 5.41) is 5.92. The van der Waals surface area contributed by atoms with Crippen LogP contribution in [0.3, 0.4) is 0 Å². The number of fused-ring (bicyclic) bond motifs is 3. The van der Waals surface area contributed by atoms with Gasteiger partial charge in [-0.05, 0) is 43.7 Å². The Balaban J connectivity index is 2.10. The van der Waals surface area contributed by atoms with Crippen LogP contribution in [0.1, 0.15) is 21.7 Å².